The highest BCUT2D eigenvalue weighted by Crippen LogP contribution is 2.50. The number of halogens is 3. The summed E-state index contributed by atoms with van der Waals surface area (Å²) in [5.41, 5.74) is 6.93. The average Bonchev–Trinajstić information content (AvgIpc) is 2.06. The van der Waals surface area contributed by atoms with Crippen molar-refractivity contribution in [1.82, 2.24) is 0 Å². The number of nitrogens with two attached hydrogens (primary N) is 1. The second-order valence-corrected chi connectivity index (χ2v) is 5.18. The molecule has 1 aromatic rings. The smallest absolute Gasteiger partial charge is 0.252 e. The first-order chi connectivity index (χ1) is 6.82. The molecular weight excluding hydrogens is 264 g/mol. The van der Waals surface area contributed by atoms with Crippen LogP contribution < -0.4 is 5.73 Å². The van der Waals surface area contributed by atoms with E-state index in [1.807, 2.05) is 25.1 Å². The van der Waals surface area contributed by atoms with Crippen LogP contribution in [0.1, 0.15) is 24.0 Å². The number of rotatable bonds is 1. The number of hydrogen-bond acceptors (Lipinski definition) is 1. The van der Waals surface area contributed by atoms with E-state index >= 15 is 0 Å². The molecule has 0 saturated heterocycles. The second kappa shape index (κ2) is 3.25. The third-order valence-corrected chi connectivity index (χ3v) is 3.75. The average molecular weight is 276 g/mol. The molecule has 4 heteroatoms. The lowest BCUT2D eigenvalue weighted by Crippen LogP contribution is -2.55. The molecule has 0 atom stereocenters. The Kier molecular flexibility index (Phi) is 2.39. The van der Waals surface area contributed by atoms with Gasteiger partial charge in [0.15, 0.2) is 0 Å². The lowest BCUT2D eigenvalue weighted by atomic mass is 9.70. The molecule has 1 fully saturated rings. The van der Waals surface area contributed by atoms with Crippen molar-refractivity contribution < 1.29 is 8.78 Å². The van der Waals surface area contributed by atoms with E-state index in [0.29, 0.717) is 0 Å². The fourth-order valence-corrected chi connectivity index (χ4v) is 2.36. The zero-order valence-electron chi connectivity index (χ0n) is 8.36. The molecule has 0 unspecified atom stereocenters. The summed E-state index contributed by atoms with van der Waals surface area (Å²) in [6.07, 6.45) is -0.509. The summed E-state index contributed by atoms with van der Waals surface area (Å²) in [4.78, 5) is 0. The summed E-state index contributed by atoms with van der Waals surface area (Å²) in [5, 5.41) is 0. The van der Waals surface area contributed by atoms with E-state index in [-0.39, 0.29) is 12.8 Å². The Balaban J connectivity index is 2.28. The summed E-state index contributed by atoms with van der Waals surface area (Å²) in [7, 11) is 0. The van der Waals surface area contributed by atoms with Gasteiger partial charge < -0.3 is 5.73 Å². The van der Waals surface area contributed by atoms with Crippen LogP contribution in [0.25, 0.3) is 0 Å². The van der Waals surface area contributed by atoms with Gasteiger partial charge in [0.1, 0.15) is 0 Å². The van der Waals surface area contributed by atoms with E-state index in [1.54, 1.807) is 0 Å². The maximum absolute atomic E-state index is 12.8. The molecule has 2 rings (SSSR count). The molecule has 0 bridgehead atoms. The highest BCUT2D eigenvalue weighted by atomic mass is 79.9. The second-order valence-electron chi connectivity index (χ2n) is 4.33. The van der Waals surface area contributed by atoms with Crippen molar-refractivity contribution in [2.45, 2.75) is 31.2 Å². The lowest BCUT2D eigenvalue weighted by molar-refractivity contribution is -0.125. The monoisotopic (exact) mass is 275 g/mol. The van der Waals surface area contributed by atoms with Crippen molar-refractivity contribution in [3.05, 3.63) is 33.8 Å². The molecule has 1 aliphatic rings. The van der Waals surface area contributed by atoms with Gasteiger partial charge in [-0.05, 0) is 24.1 Å². The van der Waals surface area contributed by atoms with Gasteiger partial charge in [-0.2, -0.15) is 0 Å². The Hall–Kier alpha value is -0.480. The van der Waals surface area contributed by atoms with Gasteiger partial charge in [-0.1, -0.05) is 28.1 Å². The van der Waals surface area contributed by atoms with E-state index in [4.69, 9.17) is 5.73 Å². The summed E-state index contributed by atoms with van der Waals surface area (Å²) < 4.78 is 26.5. The predicted molar refractivity (Wildman–Crippen MR) is 58.9 cm³/mol. The standard InChI is InChI=1S/C11H12BrF2N/c1-7-2-3-8(4-9(7)12)10(15)5-11(13,14)6-10/h2-4H,5-6,15H2,1H3. The van der Waals surface area contributed by atoms with Crippen LogP contribution in [0.3, 0.4) is 0 Å². The fraction of sp³-hybridized carbons (Fsp3) is 0.455. The maximum Gasteiger partial charge on any atom is 0.252 e. The molecule has 82 valence electrons. The van der Waals surface area contributed by atoms with Crippen LogP contribution in [0.4, 0.5) is 8.78 Å². The predicted octanol–water partition coefficient (Wildman–Crippen LogP) is 3.34. The van der Waals surface area contributed by atoms with Gasteiger partial charge in [-0.3, -0.25) is 0 Å². The highest BCUT2D eigenvalue weighted by molar-refractivity contribution is 9.10. The van der Waals surface area contributed by atoms with Gasteiger partial charge >= 0.3 is 0 Å². The SMILES string of the molecule is Cc1ccc(C2(N)CC(F)(F)C2)cc1Br. The molecule has 1 nitrogen and oxygen atoms in total. The Bertz CT molecular complexity index is 396. The first kappa shape index (κ1) is 11.0. The number of benzene rings is 1. The van der Waals surface area contributed by atoms with Gasteiger partial charge in [0, 0.05) is 17.3 Å². The number of hydrogen-bond donors (Lipinski definition) is 1. The van der Waals surface area contributed by atoms with Crippen LogP contribution in [-0.2, 0) is 5.54 Å². The third kappa shape index (κ3) is 1.93. The van der Waals surface area contributed by atoms with Crippen molar-refractivity contribution >= 4 is 15.9 Å². The summed E-state index contributed by atoms with van der Waals surface area (Å²) in [6, 6.07) is 5.56. The molecule has 0 radical (unpaired) electrons. The van der Waals surface area contributed by atoms with Gasteiger partial charge in [0.2, 0.25) is 0 Å². The highest BCUT2D eigenvalue weighted by Gasteiger charge is 2.55. The first-order valence-electron chi connectivity index (χ1n) is 4.76. The Labute approximate surface area is 95.8 Å². The van der Waals surface area contributed by atoms with Crippen LogP contribution in [0.5, 0.6) is 0 Å². The molecule has 0 heterocycles. The minimum atomic E-state index is -2.59. The minimum absolute atomic E-state index is 0.254. The molecule has 0 spiro atoms. The molecule has 1 aromatic carbocycles. The Morgan fingerprint density at radius 3 is 2.40 bits per heavy atom. The molecule has 1 saturated carbocycles. The van der Waals surface area contributed by atoms with Gasteiger partial charge in [0.05, 0.1) is 5.54 Å². The summed E-state index contributed by atoms with van der Waals surface area (Å²) in [5.74, 6) is -2.59. The van der Waals surface area contributed by atoms with Crippen molar-refractivity contribution in [3.8, 4) is 0 Å². The van der Waals surface area contributed by atoms with Crippen molar-refractivity contribution in [2.24, 2.45) is 5.73 Å². The van der Waals surface area contributed by atoms with Gasteiger partial charge in [0.25, 0.3) is 5.92 Å². The zero-order chi connectivity index (χ0) is 11.3. The van der Waals surface area contributed by atoms with Crippen LogP contribution in [0.15, 0.2) is 22.7 Å². The zero-order valence-corrected chi connectivity index (χ0v) is 9.94. The molecule has 0 aromatic heterocycles. The van der Waals surface area contributed by atoms with E-state index in [9.17, 15) is 8.78 Å². The van der Waals surface area contributed by atoms with E-state index in [1.165, 1.54) is 0 Å². The van der Waals surface area contributed by atoms with Gasteiger partial charge in [-0.15, -0.1) is 0 Å². The molecule has 2 N–H and O–H groups in total. The van der Waals surface area contributed by atoms with Crippen LogP contribution in [0.2, 0.25) is 0 Å². The van der Waals surface area contributed by atoms with E-state index in [0.717, 1.165) is 15.6 Å². The Morgan fingerprint density at radius 2 is 1.93 bits per heavy atom. The fourth-order valence-electron chi connectivity index (χ4n) is 1.98. The summed E-state index contributed by atoms with van der Waals surface area (Å²) >= 11 is 3.38. The van der Waals surface area contributed by atoms with Crippen LogP contribution in [-0.4, -0.2) is 5.92 Å². The summed E-state index contributed by atoms with van der Waals surface area (Å²) in [6.45, 7) is 1.95. The third-order valence-electron chi connectivity index (χ3n) is 2.89. The van der Waals surface area contributed by atoms with Gasteiger partial charge in [-0.25, -0.2) is 8.78 Å². The quantitative estimate of drug-likeness (QED) is 0.836. The molecule has 15 heavy (non-hydrogen) atoms. The lowest BCUT2D eigenvalue weighted by Gasteiger charge is -2.45. The van der Waals surface area contributed by atoms with E-state index < -0.39 is 11.5 Å². The van der Waals surface area contributed by atoms with Crippen molar-refractivity contribution in [1.29, 1.82) is 0 Å². The number of aryl methyl sites for hydroxylation is 1. The van der Waals surface area contributed by atoms with Crippen molar-refractivity contribution in [2.75, 3.05) is 0 Å². The molecule has 0 amide bonds. The molecular formula is C11H12BrF2N. The number of alkyl halides is 2. The topological polar surface area (TPSA) is 26.0 Å². The first-order valence-corrected chi connectivity index (χ1v) is 5.55. The van der Waals surface area contributed by atoms with Crippen LogP contribution >= 0.6 is 15.9 Å². The van der Waals surface area contributed by atoms with Crippen molar-refractivity contribution in [3.63, 3.8) is 0 Å². The molecule has 0 aliphatic heterocycles. The Morgan fingerprint density at radius 1 is 1.33 bits per heavy atom. The van der Waals surface area contributed by atoms with E-state index in [2.05, 4.69) is 15.9 Å². The normalized spacial score (nSPS) is 22.2. The largest absolute Gasteiger partial charge is 0.321 e. The minimum Gasteiger partial charge on any atom is -0.321 e. The maximum atomic E-state index is 12.8. The van der Waals surface area contributed by atoms with Crippen LogP contribution in [0, 0.1) is 6.92 Å². The molecule has 1 aliphatic carbocycles.